The molecule has 0 amide bonds. The van der Waals surface area contributed by atoms with Gasteiger partial charge >= 0.3 is 0 Å². The molecule has 1 heteroatoms. The number of rotatable bonds is 3. The van der Waals surface area contributed by atoms with E-state index in [1.54, 1.807) is 0 Å². The molecule has 0 aliphatic carbocycles. The maximum atomic E-state index is 2.26. The molecule has 0 atom stereocenters. The topological polar surface area (TPSA) is 3.88 Å². The highest BCUT2D eigenvalue weighted by Gasteiger charge is 2.07. The van der Waals surface area contributed by atoms with E-state index in [9.17, 15) is 0 Å². The maximum absolute atomic E-state index is 2.26. The van der Waals surface area contributed by atoms with Crippen molar-refractivity contribution in [3.63, 3.8) is 0 Å². The first-order valence-electron chi connectivity index (χ1n) is 6.79. The van der Waals surface area contributed by atoms with Crippen molar-refractivity contribution in [3.05, 3.63) is 30.1 Å². The second kappa shape index (κ2) is 8.27. The zero-order valence-electron chi connectivity index (χ0n) is 12.7. The molecular weight excluding hydrogens is 206 g/mol. The van der Waals surface area contributed by atoms with Crippen molar-refractivity contribution in [1.29, 1.82) is 0 Å². The Bertz CT molecular complexity index is 294. The lowest BCUT2D eigenvalue weighted by Gasteiger charge is -2.05. The summed E-state index contributed by atoms with van der Waals surface area (Å²) in [6.45, 7) is 13.5. The van der Waals surface area contributed by atoms with Gasteiger partial charge in [-0.3, -0.25) is 0 Å². The minimum atomic E-state index is 0.617. The van der Waals surface area contributed by atoms with Gasteiger partial charge in [-0.1, -0.05) is 47.6 Å². The van der Waals surface area contributed by atoms with E-state index in [2.05, 4.69) is 71.5 Å². The molecule has 0 saturated carbocycles. The molecule has 17 heavy (non-hydrogen) atoms. The Balaban J connectivity index is 0.000000325. The second-order valence-electron chi connectivity index (χ2n) is 5.91. The van der Waals surface area contributed by atoms with E-state index >= 15 is 0 Å². The number of aryl methyl sites for hydroxylation is 1. The molecule has 0 N–H and O–H groups in total. The summed E-state index contributed by atoms with van der Waals surface area (Å²) in [6, 6.07) is 6.28. The van der Waals surface area contributed by atoms with Crippen molar-refractivity contribution in [3.8, 4) is 0 Å². The minimum Gasteiger partial charge on any atom is -0.205 e. The van der Waals surface area contributed by atoms with Crippen LogP contribution in [0.4, 0.5) is 0 Å². The van der Waals surface area contributed by atoms with Crippen molar-refractivity contribution in [2.45, 2.75) is 53.9 Å². The van der Waals surface area contributed by atoms with Gasteiger partial charge in [-0.15, -0.1) is 0 Å². The zero-order valence-corrected chi connectivity index (χ0v) is 12.7. The summed E-state index contributed by atoms with van der Waals surface area (Å²) >= 11 is 0. The molecule has 0 unspecified atom stereocenters. The van der Waals surface area contributed by atoms with Crippen LogP contribution in [0.15, 0.2) is 24.4 Å². The van der Waals surface area contributed by atoms with E-state index in [1.807, 2.05) is 6.07 Å². The Morgan fingerprint density at radius 2 is 1.47 bits per heavy atom. The van der Waals surface area contributed by atoms with Gasteiger partial charge in [0.05, 0.1) is 0 Å². The normalized spacial score (nSPS) is 10.7. The van der Waals surface area contributed by atoms with Gasteiger partial charge in [-0.2, -0.15) is 0 Å². The molecule has 0 fully saturated rings. The molecule has 0 aliphatic heterocycles. The Morgan fingerprint density at radius 3 is 1.71 bits per heavy atom. The van der Waals surface area contributed by atoms with Gasteiger partial charge in [0, 0.05) is 18.1 Å². The van der Waals surface area contributed by atoms with Crippen LogP contribution in [-0.2, 0) is 7.05 Å². The molecule has 1 nitrogen and oxygen atoms in total. The lowest BCUT2D eigenvalue weighted by atomic mass is 10.0. The molecule has 98 valence electrons. The molecule has 0 saturated heterocycles. The number of hydrogen-bond acceptors (Lipinski definition) is 0. The molecule has 0 radical (unpaired) electrons. The minimum absolute atomic E-state index is 0.617. The van der Waals surface area contributed by atoms with Crippen molar-refractivity contribution < 1.29 is 4.57 Å². The Hall–Kier alpha value is -0.850. The van der Waals surface area contributed by atoms with Gasteiger partial charge in [0.2, 0.25) is 0 Å². The third-order valence-corrected chi connectivity index (χ3v) is 2.63. The van der Waals surface area contributed by atoms with Crippen LogP contribution in [0.2, 0.25) is 0 Å². The molecule has 1 aromatic heterocycles. The van der Waals surface area contributed by atoms with Crippen LogP contribution >= 0.6 is 0 Å². The summed E-state index contributed by atoms with van der Waals surface area (Å²) in [4.78, 5) is 0. The van der Waals surface area contributed by atoms with Crippen LogP contribution in [0.25, 0.3) is 0 Å². The number of aromatic nitrogens is 1. The van der Waals surface area contributed by atoms with Crippen molar-refractivity contribution in [2.24, 2.45) is 18.9 Å². The lowest BCUT2D eigenvalue weighted by molar-refractivity contribution is -0.680. The van der Waals surface area contributed by atoms with Crippen LogP contribution in [-0.4, -0.2) is 0 Å². The summed E-state index contributed by atoms with van der Waals surface area (Å²) in [5, 5.41) is 0. The lowest BCUT2D eigenvalue weighted by Crippen LogP contribution is -2.33. The quantitative estimate of drug-likeness (QED) is 0.688. The number of nitrogens with zero attached hydrogens (tertiary/aromatic N) is 1. The second-order valence-corrected chi connectivity index (χ2v) is 5.91. The number of hydrogen-bond donors (Lipinski definition) is 0. The highest BCUT2D eigenvalue weighted by Crippen LogP contribution is 2.08. The van der Waals surface area contributed by atoms with E-state index in [0.29, 0.717) is 5.92 Å². The van der Waals surface area contributed by atoms with Crippen LogP contribution in [0.1, 0.15) is 59.6 Å². The monoisotopic (exact) mass is 236 g/mol. The summed E-state index contributed by atoms with van der Waals surface area (Å²) in [6.07, 6.45) is 3.44. The molecule has 0 aliphatic rings. The van der Waals surface area contributed by atoms with E-state index in [1.165, 1.54) is 12.1 Å². The first-order chi connectivity index (χ1) is 7.84. The Labute approximate surface area is 108 Å². The van der Waals surface area contributed by atoms with E-state index in [4.69, 9.17) is 0 Å². The fraction of sp³-hybridized carbons (Fsp3) is 0.688. The van der Waals surface area contributed by atoms with Gasteiger partial charge in [0.1, 0.15) is 7.05 Å². The summed E-state index contributed by atoms with van der Waals surface area (Å²) < 4.78 is 2.16. The van der Waals surface area contributed by atoms with Gasteiger partial charge < -0.3 is 0 Å². The van der Waals surface area contributed by atoms with Gasteiger partial charge in [0.25, 0.3) is 0 Å². The third-order valence-electron chi connectivity index (χ3n) is 2.63. The van der Waals surface area contributed by atoms with E-state index in [-0.39, 0.29) is 0 Å². The summed E-state index contributed by atoms with van der Waals surface area (Å²) in [7, 11) is 2.08. The van der Waals surface area contributed by atoms with Crippen LogP contribution in [0.3, 0.4) is 0 Å². The van der Waals surface area contributed by atoms with Crippen LogP contribution in [0, 0.1) is 11.8 Å². The molecule has 0 aromatic carbocycles. The fourth-order valence-corrected chi connectivity index (χ4v) is 2.08. The maximum Gasteiger partial charge on any atom is 0.183 e. The van der Waals surface area contributed by atoms with Gasteiger partial charge in [-0.25, -0.2) is 4.57 Å². The largest absolute Gasteiger partial charge is 0.205 e. The average Bonchev–Trinajstić information content (AvgIpc) is 2.16. The predicted molar refractivity (Wildman–Crippen MR) is 76.0 cm³/mol. The first kappa shape index (κ1) is 16.1. The SMILES string of the molecule is CC(C)CC(C)C.CC(C)c1cccc[n+]1C. The van der Waals surface area contributed by atoms with E-state index in [0.717, 1.165) is 11.8 Å². The van der Waals surface area contributed by atoms with Gasteiger partial charge in [0.15, 0.2) is 11.9 Å². The zero-order chi connectivity index (χ0) is 13.4. The molecule has 1 heterocycles. The molecule has 0 spiro atoms. The van der Waals surface area contributed by atoms with Crippen molar-refractivity contribution in [2.75, 3.05) is 0 Å². The van der Waals surface area contributed by atoms with Crippen LogP contribution in [0.5, 0.6) is 0 Å². The average molecular weight is 236 g/mol. The molecule has 0 bridgehead atoms. The van der Waals surface area contributed by atoms with Crippen molar-refractivity contribution >= 4 is 0 Å². The summed E-state index contributed by atoms with van der Waals surface area (Å²) in [5.41, 5.74) is 1.38. The highest BCUT2D eigenvalue weighted by atomic mass is 14.9. The number of pyridine rings is 1. The Kier molecular flexibility index (Phi) is 7.86. The Morgan fingerprint density at radius 1 is 0.941 bits per heavy atom. The smallest absolute Gasteiger partial charge is 0.183 e. The standard InChI is InChI=1S/C9H14N.C7H16/c1-8(2)9-6-4-5-7-10(9)3;1-6(2)5-7(3)4/h4-8H,1-3H3;6-7H,5H2,1-4H3/q+1;. The summed E-state index contributed by atoms with van der Waals surface area (Å²) in [5.74, 6) is 2.37. The first-order valence-corrected chi connectivity index (χ1v) is 6.79. The third kappa shape index (κ3) is 7.95. The predicted octanol–water partition coefficient (Wildman–Crippen LogP) is 4.32. The highest BCUT2D eigenvalue weighted by molar-refractivity contribution is 5.00. The van der Waals surface area contributed by atoms with E-state index < -0.39 is 0 Å². The molecular formula is C16H30N+. The van der Waals surface area contributed by atoms with Gasteiger partial charge in [-0.05, 0) is 18.3 Å². The van der Waals surface area contributed by atoms with Crippen LogP contribution < -0.4 is 4.57 Å². The van der Waals surface area contributed by atoms with Crippen molar-refractivity contribution in [1.82, 2.24) is 0 Å². The molecule has 1 aromatic rings. The fourth-order valence-electron chi connectivity index (χ4n) is 2.08. The molecule has 1 rings (SSSR count).